The van der Waals surface area contributed by atoms with E-state index in [1.54, 1.807) is 6.07 Å². The molecule has 1 aromatic heterocycles. The van der Waals surface area contributed by atoms with Crippen LogP contribution in [0, 0.1) is 10.6 Å². The summed E-state index contributed by atoms with van der Waals surface area (Å²) in [5.41, 5.74) is 2.46. The highest BCUT2D eigenvalue weighted by Crippen LogP contribution is 2.21. The second-order valence-corrected chi connectivity index (χ2v) is 5.21. The van der Waals surface area contributed by atoms with Crippen molar-refractivity contribution in [2.24, 2.45) is 0 Å². The monoisotopic (exact) mass is 322 g/mol. The number of rotatable bonds is 1. The fourth-order valence-corrected chi connectivity index (χ4v) is 2.50. The van der Waals surface area contributed by atoms with Crippen LogP contribution in [0.2, 0.25) is 0 Å². The molecule has 1 N–H and O–H groups in total. The number of hydrogen-bond acceptors (Lipinski definition) is 1. The van der Waals surface area contributed by atoms with E-state index in [0.717, 1.165) is 21.2 Å². The van der Waals surface area contributed by atoms with Gasteiger partial charge in [-0.1, -0.05) is 15.9 Å². The fraction of sp³-hybridized carbons (Fsp3) is 0. The number of benzene rings is 2. The van der Waals surface area contributed by atoms with Crippen LogP contribution in [0.25, 0.3) is 16.7 Å². The molecule has 0 bridgehead atoms. The molecule has 0 saturated heterocycles. The third-order valence-corrected chi connectivity index (χ3v) is 3.54. The van der Waals surface area contributed by atoms with Crippen molar-refractivity contribution >= 4 is 39.2 Å². The summed E-state index contributed by atoms with van der Waals surface area (Å²) in [7, 11) is 0. The summed E-state index contributed by atoms with van der Waals surface area (Å²) >= 11 is 8.67. The molecule has 0 saturated carbocycles. The molecule has 0 aliphatic rings. The topological polar surface area (TPSA) is 20.7 Å². The Kier molecular flexibility index (Phi) is 2.80. The number of hydrogen-bond donors (Lipinski definition) is 1. The van der Waals surface area contributed by atoms with E-state index in [4.69, 9.17) is 12.2 Å². The summed E-state index contributed by atoms with van der Waals surface area (Å²) in [6.45, 7) is 0. The lowest BCUT2D eigenvalue weighted by Gasteiger charge is -2.04. The molecule has 0 unspecified atom stereocenters. The SMILES string of the molecule is Fc1ccc2[nH]c(=S)n(-c3ccc(Br)cc3)c2c1. The van der Waals surface area contributed by atoms with Crippen molar-refractivity contribution in [1.82, 2.24) is 9.55 Å². The van der Waals surface area contributed by atoms with E-state index in [1.165, 1.54) is 12.1 Å². The van der Waals surface area contributed by atoms with E-state index in [-0.39, 0.29) is 5.82 Å². The highest BCUT2D eigenvalue weighted by Gasteiger charge is 2.07. The van der Waals surface area contributed by atoms with Crippen LogP contribution >= 0.6 is 28.1 Å². The zero-order chi connectivity index (χ0) is 12.7. The number of nitrogens with zero attached hydrogens (tertiary/aromatic N) is 1. The number of fused-ring (bicyclic) bond motifs is 1. The molecule has 0 aliphatic carbocycles. The van der Waals surface area contributed by atoms with E-state index in [1.807, 2.05) is 28.8 Å². The summed E-state index contributed by atoms with van der Waals surface area (Å²) in [6.07, 6.45) is 0. The van der Waals surface area contributed by atoms with E-state index in [2.05, 4.69) is 20.9 Å². The van der Waals surface area contributed by atoms with Gasteiger partial charge in [-0.05, 0) is 48.6 Å². The molecule has 0 fully saturated rings. The van der Waals surface area contributed by atoms with Crippen molar-refractivity contribution in [2.75, 3.05) is 0 Å². The van der Waals surface area contributed by atoms with Crippen LogP contribution in [0.1, 0.15) is 0 Å². The predicted molar refractivity (Wildman–Crippen MR) is 76.1 cm³/mol. The molecule has 1 heterocycles. The minimum atomic E-state index is -0.276. The summed E-state index contributed by atoms with van der Waals surface area (Å²) in [5.74, 6) is -0.276. The second kappa shape index (κ2) is 4.33. The average molecular weight is 323 g/mol. The number of aromatic amines is 1. The molecular weight excluding hydrogens is 315 g/mol. The van der Waals surface area contributed by atoms with Gasteiger partial charge in [-0.3, -0.25) is 4.57 Å². The first kappa shape index (κ1) is 11.6. The molecule has 0 aliphatic heterocycles. The van der Waals surface area contributed by atoms with E-state index in [0.29, 0.717) is 4.77 Å². The normalized spacial score (nSPS) is 11.0. The van der Waals surface area contributed by atoms with Crippen LogP contribution < -0.4 is 0 Å². The van der Waals surface area contributed by atoms with Gasteiger partial charge in [0, 0.05) is 16.2 Å². The van der Waals surface area contributed by atoms with Gasteiger partial charge in [0.15, 0.2) is 4.77 Å². The van der Waals surface area contributed by atoms with Crippen LogP contribution in [-0.4, -0.2) is 9.55 Å². The minimum absolute atomic E-state index is 0.276. The first-order valence-electron chi connectivity index (χ1n) is 5.31. The maximum atomic E-state index is 13.3. The Hall–Kier alpha value is -1.46. The van der Waals surface area contributed by atoms with Crippen molar-refractivity contribution in [3.8, 4) is 5.69 Å². The second-order valence-electron chi connectivity index (χ2n) is 3.90. The van der Waals surface area contributed by atoms with E-state index >= 15 is 0 Å². The Morgan fingerprint density at radius 2 is 1.83 bits per heavy atom. The third kappa shape index (κ3) is 1.89. The molecule has 3 rings (SSSR count). The van der Waals surface area contributed by atoms with Crippen molar-refractivity contribution in [2.45, 2.75) is 0 Å². The molecule has 90 valence electrons. The van der Waals surface area contributed by atoms with Crippen molar-refractivity contribution in [1.29, 1.82) is 0 Å². The Labute approximate surface area is 116 Å². The van der Waals surface area contributed by atoms with Crippen LogP contribution in [0.4, 0.5) is 4.39 Å². The average Bonchev–Trinajstić information content (AvgIpc) is 2.66. The van der Waals surface area contributed by atoms with Crippen molar-refractivity contribution in [3.05, 3.63) is 57.5 Å². The fourth-order valence-electron chi connectivity index (χ4n) is 1.92. The molecule has 0 radical (unpaired) electrons. The first-order chi connectivity index (χ1) is 8.65. The number of halogens is 2. The van der Waals surface area contributed by atoms with Gasteiger partial charge in [-0.2, -0.15) is 0 Å². The lowest BCUT2D eigenvalue weighted by molar-refractivity contribution is 0.629. The Bertz CT molecular complexity index is 774. The van der Waals surface area contributed by atoms with Crippen molar-refractivity contribution in [3.63, 3.8) is 0 Å². The number of H-pyrrole nitrogens is 1. The predicted octanol–water partition coefficient (Wildman–Crippen LogP) is 4.59. The largest absolute Gasteiger partial charge is 0.330 e. The summed E-state index contributed by atoms with van der Waals surface area (Å²) in [6, 6.07) is 12.3. The quantitative estimate of drug-likeness (QED) is 0.650. The molecular formula is C13H8BrFN2S. The summed E-state index contributed by atoms with van der Waals surface area (Å²) < 4.78 is 16.7. The van der Waals surface area contributed by atoms with Crippen LogP contribution in [0.5, 0.6) is 0 Å². The molecule has 0 atom stereocenters. The van der Waals surface area contributed by atoms with Gasteiger partial charge in [-0.15, -0.1) is 0 Å². The molecule has 0 spiro atoms. The smallest absolute Gasteiger partial charge is 0.182 e. The zero-order valence-corrected chi connectivity index (χ0v) is 11.6. The summed E-state index contributed by atoms with van der Waals surface area (Å²) in [5, 5.41) is 0. The standard InChI is InChI=1S/C13H8BrFN2S/c14-8-1-4-10(5-2-8)17-12-7-9(15)3-6-11(12)16-13(17)18/h1-7H,(H,16,18). The lowest BCUT2D eigenvalue weighted by Crippen LogP contribution is -1.93. The van der Waals surface area contributed by atoms with Gasteiger partial charge in [0.25, 0.3) is 0 Å². The van der Waals surface area contributed by atoms with Gasteiger partial charge in [-0.25, -0.2) is 4.39 Å². The third-order valence-electron chi connectivity index (χ3n) is 2.73. The number of aromatic nitrogens is 2. The summed E-state index contributed by atoms with van der Waals surface area (Å²) in [4.78, 5) is 3.07. The Morgan fingerprint density at radius 3 is 2.56 bits per heavy atom. The maximum Gasteiger partial charge on any atom is 0.182 e. The number of nitrogens with one attached hydrogen (secondary N) is 1. The maximum absolute atomic E-state index is 13.3. The molecule has 0 amide bonds. The lowest BCUT2D eigenvalue weighted by atomic mass is 10.3. The Balaban J connectivity index is 2.34. The van der Waals surface area contributed by atoms with Gasteiger partial charge in [0.2, 0.25) is 0 Å². The van der Waals surface area contributed by atoms with Gasteiger partial charge in [0.1, 0.15) is 5.82 Å². The zero-order valence-electron chi connectivity index (χ0n) is 9.15. The first-order valence-corrected chi connectivity index (χ1v) is 6.51. The highest BCUT2D eigenvalue weighted by molar-refractivity contribution is 9.10. The van der Waals surface area contributed by atoms with Crippen LogP contribution in [0.15, 0.2) is 46.9 Å². The molecule has 3 aromatic rings. The van der Waals surface area contributed by atoms with Crippen LogP contribution in [0.3, 0.4) is 0 Å². The van der Waals surface area contributed by atoms with Crippen LogP contribution in [-0.2, 0) is 0 Å². The van der Waals surface area contributed by atoms with E-state index < -0.39 is 0 Å². The minimum Gasteiger partial charge on any atom is -0.330 e. The molecule has 18 heavy (non-hydrogen) atoms. The van der Waals surface area contributed by atoms with E-state index in [9.17, 15) is 4.39 Å². The van der Waals surface area contributed by atoms with Gasteiger partial charge in [0.05, 0.1) is 11.0 Å². The Morgan fingerprint density at radius 1 is 1.11 bits per heavy atom. The van der Waals surface area contributed by atoms with Gasteiger partial charge >= 0.3 is 0 Å². The van der Waals surface area contributed by atoms with Crippen molar-refractivity contribution < 1.29 is 4.39 Å². The van der Waals surface area contributed by atoms with Gasteiger partial charge < -0.3 is 4.98 Å². The molecule has 2 nitrogen and oxygen atoms in total. The highest BCUT2D eigenvalue weighted by atomic mass is 79.9. The molecule has 2 aromatic carbocycles. The number of imidazole rings is 1. The molecule has 5 heteroatoms.